The predicted octanol–water partition coefficient (Wildman–Crippen LogP) is 2.34. The average Bonchev–Trinajstić information content (AvgIpc) is 2.10. The number of hydrogen-bond donors (Lipinski definition) is 2. The fourth-order valence-electron chi connectivity index (χ4n) is 2.24. The van der Waals surface area contributed by atoms with E-state index in [2.05, 4.69) is 26.1 Å². The lowest BCUT2D eigenvalue weighted by molar-refractivity contribution is -0.123. The van der Waals surface area contributed by atoms with Crippen LogP contribution in [0.1, 0.15) is 60.8 Å². The standard InChI is InChI=1S/C14H27N3O/c1-12(2,3)9-13(4,5)17-11(18)7-8-14(6,16)10-15/h7-9,16H2,1-6H3,(H,17,18). The lowest BCUT2D eigenvalue weighted by Gasteiger charge is -2.33. The molecule has 3 N–H and O–H groups in total. The first-order chi connectivity index (χ1) is 7.87. The van der Waals surface area contributed by atoms with Crippen molar-refractivity contribution in [3.05, 3.63) is 0 Å². The van der Waals surface area contributed by atoms with Crippen molar-refractivity contribution >= 4 is 5.91 Å². The first kappa shape index (κ1) is 16.9. The quantitative estimate of drug-likeness (QED) is 0.789. The van der Waals surface area contributed by atoms with E-state index in [4.69, 9.17) is 11.0 Å². The van der Waals surface area contributed by atoms with Gasteiger partial charge in [-0.25, -0.2) is 0 Å². The van der Waals surface area contributed by atoms with Gasteiger partial charge in [0, 0.05) is 12.0 Å². The number of nitriles is 1. The van der Waals surface area contributed by atoms with Crippen molar-refractivity contribution in [2.75, 3.05) is 0 Å². The van der Waals surface area contributed by atoms with Gasteiger partial charge < -0.3 is 11.1 Å². The molecule has 1 atom stereocenters. The van der Waals surface area contributed by atoms with Gasteiger partial charge in [-0.1, -0.05) is 20.8 Å². The van der Waals surface area contributed by atoms with Crippen molar-refractivity contribution in [2.24, 2.45) is 11.1 Å². The van der Waals surface area contributed by atoms with E-state index in [-0.39, 0.29) is 23.3 Å². The number of carbonyl (C=O) groups excluding carboxylic acids is 1. The van der Waals surface area contributed by atoms with E-state index in [1.54, 1.807) is 6.92 Å². The molecule has 0 saturated carbocycles. The molecule has 0 bridgehead atoms. The van der Waals surface area contributed by atoms with E-state index in [0.29, 0.717) is 6.42 Å². The highest BCUT2D eigenvalue weighted by molar-refractivity contribution is 5.76. The van der Waals surface area contributed by atoms with Gasteiger partial charge in [0.2, 0.25) is 5.91 Å². The van der Waals surface area contributed by atoms with Gasteiger partial charge in [0.05, 0.1) is 6.07 Å². The molecule has 0 aliphatic carbocycles. The Kier molecular flexibility index (Phi) is 5.36. The number of nitrogens with two attached hydrogens (primary N) is 1. The normalized spacial score (nSPS) is 15.7. The molecule has 4 heteroatoms. The van der Waals surface area contributed by atoms with Gasteiger partial charge in [0.1, 0.15) is 5.54 Å². The number of carbonyl (C=O) groups is 1. The van der Waals surface area contributed by atoms with Gasteiger partial charge in [-0.2, -0.15) is 5.26 Å². The first-order valence-corrected chi connectivity index (χ1v) is 6.38. The summed E-state index contributed by atoms with van der Waals surface area (Å²) in [5, 5.41) is 11.8. The Morgan fingerprint density at radius 2 is 1.72 bits per heavy atom. The second-order valence-corrected chi connectivity index (χ2v) is 7.20. The molecule has 0 radical (unpaired) electrons. The van der Waals surface area contributed by atoms with Crippen molar-refractivity contribution in [1.82, 2.24) is 5.32 Å². The molecule has 0 aliphatic heterocycles. The summed E-state index contributed by atoms with van der Waals surface area (Å²) < 4.78 is 0. The van der Waals surface area contributed by atoms with Crippen LogP contribution in [0.25, 0.3) is 0 Å². The van der Waals surface area contributed by atoms with E-state index in [0.717, 1.165) is 6.42 Å². The van der Waals surface area contributed by atoms with Gasteiger partial charge in [0.25, 0.3) is 0 Å². The Labute approximate surface area is 111 Å². The lowest BCUT2D eigenvalue weighted by Crippen LogP contribution is -2.46. The summed E-state index contributed by atoms with van der Waals surface area (Å²) in [6.07, 6.45) is 1.55. The molecule has 104 valence electrons. The predicted molar refractivity (Wildman–Crippen MR) is 73.7 cm³/mol. The Balaban J connectivity index is 4.29. The molecular formula is C14H27N3O. The third kappa shape index (κ3) is 8.08. The van der Waals surface area contributed by atoms with Crippen LogP contribution in [0.3, 0.4) is 0 Å². The van der Waals surface area contributed by atoms with E-state index in [9.17, 15) is 4.79 Å². The third-order valence-corrected chi connectivity index (χ3v) is 2.58. The number of nitrogens with zero attached hydrogens (tertiary/aromatic N) is 1. The van der Waals surface area contributed by atoms with Crippen molar-refractivity contribution in [3.63, 3.8) is 0 Å². The molecule has 18 heavy (non-hydrogen) atoms. The van der Waals surface area contributed by atoms with Gasteiger partial charge in [-0.15, -0.1) is 0 Å². The molecule has 4 nitrogen and oxygen atoms in total. The van der Waals surface area contributed by atoms with E-state index < -0.39 is 5.54 Å². The summed E-state index contributed by atoms with van der Waals surface area (Å²) in [7, 11) is 0. The molecule has 1 unspecified atom stereocenters. The highest BCUT2D eigenvalue weighted by Gasteiger charge is 2.27. The highest BCUT2D eigenvalue weighted by Crippen LogP contribution is 2.26. The Morgan fingerprint density at radius 1 is 1.22 bits per heavy atom. The second-order valence-electron chi connectivity index (χ2n) is 7.20. The smallest absolute Gasteiger partial charge is 0.220 e. The second kappa shape index (κ2) is 5.71. The van der Waals surface area contributed by atoms with Crippen molar-refractivity contribution in [2.45, 2.75) is 71.9 Å². The molecule has 0 spiro atoms. The highest BCUT2D eigenvalue weighted by atomic mass is 16.1. The SMILES string of the molecule is CC(C)(C)CC(C)(C)NC(=O)CCC(C)(N)C#N. The van der Waals surface area contributed by atoms with E-state index >= 15 is 0 Å². The lowest BCUT2D eigenvalue weighted by atomic mass is 9.81. The van der Waals surface area contributed by atoms with Crippen LogP contribution in [-0.2, 0) is 4.79 Å². The van der Waals surface area contributed by atoms with Crippen molar-refractivity contribution < 1.29 is 4.79 Å². The van der Waals surface area contributed by atoms with Gasteiger partial charge >= 0.3 is 0 Å². The van der Waals surface area contributed by atoms with Crippen molar-refractivity contribution in [1.29, 1.82) is 5.26 Å². The average molecular weight is 253 g/mol. The largest absolute Gasteiger partial charge is 0.351 e. The maximum atomic E-state index is 11.8. The number of amides is 1. The fourth-order valence-corrected chi connectivity index (χ4v) is 2.24. The van der Waals surface area contributed by atoms with E-state index in [1.165, 1.54) is 0 Å². The van der Waals surface area contributed by atoms with Crippen LogP contribution < -0.4 is 11.1 Å². The van der Waals surface area contributed by atoms with Crippen LogP contribution in [0.5, 0.6) is 0 Å². The van der Waals surface area contributed by atoms with Gasteiger partial charge in [-0.3, -0.25) is 4.79 Å². The summed E-state index contributed by atoms with van der Waals surface area (Å²) in [5.74, 6) is -0.0452. The van der Waals surface area contributed by atoms with Crippen LogP contribution in [0.2, 0.25) is 0 Å². The Hall–Kier alpha value is -1.08. The topological polar surface area (TPSA) is 78.9 Å². The molecule has 0 aromatic rings. The monoisotopic (exact) mass is 253 g/mol. The summed E-state index contributed by atoms with van der Waals surface area (Å²) in [6.45, 7) is 12.1. The van der Waals surface area contributed by atoms with Gasteiger partial charge in [0.15, 0.2) is 0 Å². The first-order valence-electron chi connectivity index (χ1n) is 6.38. The minimum Gasteiger partial charge on any atom is -0.351 e. The number of rotatable bonds is 5. The van der Waals surface area contributed by atoms with Crippen LogP contribution in [0, 0.1) is 16.7 Å². The zero-order valence-electron chi connectivity index (χ0n) is 12.6. The van der Waals surface area contributed by atoms with Crippen LogP contribution in [0.4, 0.5) is 0 Å². The minimum atomic E-state index is -0.925. The molecule has 0 aromatic carbocycles. The molecule has 0 rings (SSSR count). The van der Waals surface area contributed by atoms with Crippen LogP contribution in [0.15, 0.2) is 0 Å². The Bertz CT molecular complexity index is 332. The zero-order chi connectivity index (χ0) is 14.6. The zero-order valence-corrected chi connectivity index (χ0v) is 12.6. The minimum absolute atomic E-state index is 0.0452. The molecule has 0 fully saturated rings. The fraction of sp³-hybridized carbons (Fsp3) is 0.857. The van der Waals surface area contributed by atoms with Crippen LogP contribution in [-0.4, -0.2) is 17.0 Å². The molecule has 0 saturated heterocycles. The molecule has 0 aliphatic rings. The Morgan fingerprint density at radius 3 is 2.11 bits per heavy atom. The molecular weight excluding hydrogens is 226 g/mol. The maximum Gasteiger partial charge on any atom is 0.220 e. The summed E-state index contributed by atoms with van der Waals surface area (Å²) >= 11 is 0. The summed E-state index contributed by atoms with van der Waals surface area (Å²) in [6, 6.07) is 2.00. The molecule has 0 aromatic heterocycles. The van der Waals surface area contributed by atoms with Crippen molar-refractivity contribution in [3.8, 4) is 6.07 Å². The number of nitrogens with one attached hydrogen (secondary N) is 1. The third-order valence-electron chi connectivity index (χ3n) is 2.58. The molecule has 1 amide bonds. The number of hydrogen-bond acceptors (Lipinski definition) is 3. The van der Waals surface area contributed by atoms with E-state index in [1.807, 2.05) is 19.9 Å². The van der Waals surface area contributed by atoms with Crippen LogP contribution >= 0.6 is 0 Å². The maximum absolute atomic E-state index is 11.8. The summed E-state index contributed by atoms with van der Waals surface area (Å²) in [4.78, 5) is 11.8. The van der Waals surface area contributed by atoms with Gasteiger partial charge in [-0.05, 0) is 39.0 Å². The molecule has 0 heterocycles. The summed E-state index contributed by atoms with van der Waals surface area (Å²) in [5.41, 5.74) is 4.68.